The molecule has 9 heteroatoms. The Morgan fingerprint density at radius 3 is 2.83 bits per heavy atom. The van der Waals surface area contributed by atoms with E-state index < -0.39 is 25.1 Å². The van der Waals surface area contributed by atoms with E-state index in [4.69, 9.17) is 0 Å². The number of imidazole rings is 1. The van der Waals surface area contributed by atoms with Gasteiger partial charge < -0.3 is 4.98 Å². The second-order valence-electron chi connectivity index (χ2n) is 4.25. The van der Waals surface area contributed by atoms with Crippen molar-refractivity contribution >= 4 is 19.9 Å². The van der Waals surface area contributed by atoms with Gasteiger partial charge in [0, 0.05) is 25.4 Å². The van der Waals surface area contributed by atoms with Crippen LogP contribution in [-0.4, -0.2) is 50.1 Å². The van der Waals surface area contributed by atoms with Gasteiger partial charge in [0.25, 0.3) is 0 Å². The number of aromatic nitrogens is 2. The third kappa shape index (κ3) is 3.30. The average molecular weight is 293 g/mol. The SMILES string of the molecule is O=S1(=O)CCC(S(=O)(=O)NCCc2ncc[nH]2)C1. The molecule has 7 nitrogen and oxygen atoms in total. The molecule has 0 saturated carbocycles. The van der Waals surface area contributed by atoms with Crippen molar-refractivity contribution in [3.8, 4) is 0 Å². The van der Waals surface area contributed by atoms with Crippen molar-refractivity contribution < 1.29 is 16.8 Å². The maximum Gasteiger partial charge on any atom is 0.215 e. The summed E-state index contributed by atoms with van der Waals surface area (Å²) in [5, 5.41) is -0.820. The predicted molar refractivity (Wildman–Crippen MR) is 66.3 cm³/mol. The van der Waals surface area contributed by atoms with Gasteiger partial charge in [0.2, 0.25) is 10.0 Å². The Morgan fingerprint density at radius 1 is 1.50 bits per heavy atom. The summed E-state index contributed by atoms with van der Waals surface area (Å²) in [6.07, 6.45) is 3.88. The lowest BCUT2D eigenvalue weighted by molar-refractivity contribution is 0.567. The highest BCUT2D eigenvalue weighted by atomic mass is 32.2. The Morgan fingerprint density at radius 2 is 2.28 bits per heavy atom. The fraction of sp³-hybridized carbons (Fsp3) is 0.667. The van der Waals surface area contributed by atoms with Crippen LogP contribution in [0.15, 0.2) is 12.4 Å². The minimum Gasteiger partial charge on any atom is -0.349 e. The number of hydrogen-bond acceptors (Lipinski definition) is 5. The first-order valence-corrected chi connectivity index (χ1v) is 8.93. The Balaban J connectivity index is 1.88. The van der Waals surface area contributed by atoms with Crippen LogP contribution in [0.1, 0.15) is 12.2 Å². The lowest BCUT2D eigenvalue weighted by Crippen LogP contribution is -2.36. The normalized spacial score (nSPS) is 23.2. The number of sulfone groups is 1. The Kier molecular flexibility index (Phi) is 3.74. The van der Waals surface area contributed by atoms with Gasteiger partial charge in [0.05, 0.1) is 16.8 Å². The van der Waals surface area contributed by atoms with E-state index >= 15 is 0 Å². The van der Waals surface area contributed by atoms with Crippen LogP contribution < -0.4 is 4.72 Å². The standard InChI is InChI=1S/C9H15N3O4S2/c13-17(14)6-2-8(7-17)18(15,16)12-3-1-9-10-4-5-11-9/h4-5,8,12H,1-3,6-7H2,(H,10,11). The van der Waals surface area contributed by atoms with E-state index in [2.05, 4.69) is 14.7 Å². The molecular formula is C9H15N3O4S2. The first-order valence-electron chi connectivity index (χ1n) is 5.56. The van der Waals surface area contributed by atoms with Gasteiger partial charge in [-0.2, -0.15) is 0 Å². The van der Waals surface area contributed by atoms with Crippen molar-refractivity contribution in [2.75, 3.05) is 18.1 Å². The molecule has 0 radical (unpaired) electrons. The third-order valence-corrected chi connectivity index (χ3v) is 6.71. The molecular weight excluding hydrogens is 278 g/mol. The van der Waals surface area contributed by atoms with E-state index in [0.29, 0.717) is 12.2 Å². The lowest BCUT2D eigenvalue weighted by Gasteiger charge is -2.10. The summed E-state index contributed by atoms with van der Waals surface area (Å²) in [6, 6.07) is 0. The molecule has 2 heterocycles. The van der Waals surface area contributed by atoms with Crippen LogP contribution in [0.3, 0.4) is 0 Å². The molecule has 2 N–H and O–H groups in total. The minimum absolute atomic E-state index is 0.0449. The molecule has 1 aliphatic heterocycles. The highest BCUT2D eigenvalue weighted by Crippen LogP contribution is 2.17. The molecule has 18 heavy (non-hydrogen) atoms. The molecule has 2 rings (SSSR count). The second kappa shape index (κ2) is 4.98. The van der Waals surface area contributed by atoms with Crippen molar-refractivity contribution in [2.45, 2.75) is 18.1 Å². The fourth-order valence-corrected chi connectivity index (χ4v) is 5.95. The van der Waals surface area contributed by atoms with Crippen LogP contribution in [0.25, 0.3) is 0 Å². The number of rotatable bonds is 5. The van der Waals surface area contributed by atoms with Gasteiger partial charge >= 0.3 is 0 Å². The van der Waals surface area contributed by atoms with E-state index in [0.717, 1.165) is 0 Å². The van der Waals surface area contributed by atoms with Crippen molar-refractivity contribution in [3.63, 3.8) is 0 Å². The van der Waals surface area contributed by atoms with Crippen LogP contribution >= 0.6 is 0 Å². The first-order chi connectivity index (χ1) is 8.39. The summed E-state index contributed by atoms with van der Waals surface area (Å²) >= 11 is 0. The van der Waals surface area contributed by atoms with Gasteiger partial charge in [-0.25, -0.2) is 26.5 Å². The molecule has 0 spiro atoms. The van der Waals surface area contributed by atoms with Gasteiger partial charge in [-0.05, 0) is 6.42 Å². The molecule has 102 valence electrons. The molecule has 1 aromatic heterocycles. The molecule has 0 aliphatic carbocycles. The minimum atomic E-state index is -3.56. The van der Waals surface area contributed by atoms with Crippen molar-refractivity contribution in [2.24, 2.45) is 0 Å². The van der Waals surface area contributed by atoms with E-state index in [1.54, 1.807) is 12.4 Å². The van der Waals surface area contributed by atoms with E-state index in [1.807, 2.05) is 0 Å². The van der Waals surface area contributed by atoms with Crippen LogP contribution in [0.4, 0.5) is 0 Å². The first kappa shape index (κ1) is 13.5. The van der Waals surface area contributed by atoms with Crippen LogP contribution in [0.2, 0.25) is 0 Å². The Hall–Kier alpha value is -0.930. The summed E-state index contributed by atoms with van der Waals surface area (Å²) in [6.45, 7) is 0.215. The molecule has 1 unspecified atom stereocenters. The van der Waals surface area contributed by atoms with Crippen LogP contribution in [-0.2, 0) is 26.3 Å². The van der Waals surface area contributed by atoms with Crippen LogP contribution in [0, 0.1) is 0 Å². The van der Waals surface area contributed by atoms with E-state index in [9.17, 15) is 16.8 Å². The topological polar surface area (TPSA) is 109 Å². The number of aromatic amines is 1. The number of sulfonamides is 1. The second-order valence-corrected chi connectivity index (χ2v) is 8.52. The number of nitrogens with one attached hydrogen (secondary N) is 2. The molecule has 1 fully saturated rings. The third-order valence-electron chi connectivity index (χ3n) is 2.85. The summed E-state index contributed by atoms with van der Waals surface area (Å²) < 4.78 is 48.6. The summed E-state index contributed by atoms with van der Waals surface area (Å²) in [5.74, 6) is 0.372. The highest BCUT2D eigenvalue weighted by molar-refractivity contribution is 7.95. The fourth-order valence-electron chi connectivity index (χ4n) is 1.87. The molecule has 1 saturated heterocycles. The average Bonchev–Trinajstić information content (AvgIpc) is 2.87. The van der Waals surface area contributed by atoms with Crippen molar-refractivity contribution in [1.82, 2.24) is 14.7 Å². The van der Waals surface area contributed by atoms with Crippen molar-refractivity contribution in [1.29, 1.82) is 0 Å². The van der Waals surface area contributed by atoms with Gasteiger partial charge in [-0.15, -0.1) is 0 Å². The summed E-state index contributed by atoms with van der Waals surface area (Å²) in [5.41, 5.74) is 0. The quantitative estimate of drug-likeness (QED) is 0.728. The molecule has 1 aliphatic rings. The maximum atomic E-state index is 11.8. The zero-order valence-electron chi connectivity index (χ0n) is 9.66. The van der Waals surface area contributed by atoms with E-state index in [1.165, 1.54) is 0 Å². The summed E-state index contributed by atoms with van der Waals surface area (Å²) in [7, 11) is -6.74. The lowest BCUT2D eigenvalue weighted by atomic mass is 10.4. The monoisotopic (exact) mass is 293 g/mol. The number of H-pyrrole nitrogens is 1. The maximum absolute atomic E-state index is 11.8. The largest absolute Gasteiger partial charge is 0.349 e. The van der Waals surface area contributed by atoms with Gasteiger partial charge in [-0.3, -0.25) is 0 Å². The molecule has 0 bridgehead atoms. The molecule has 1 aromatic rings. The van der Waals surface area contributed by atoms with Crippen molar-refractivity contribution in [3.05, 3.63) is 18.2 Å². The smallest absolute Gasteiger partial charge is 0.215 e. The van der Waals surface area contributed by atoms with Gasteiger partial charge in [0.15, 0.2) is 9.84 Å². The molecule has 0 amide bonds. The van der Waals surface area contributed by atoms with Gasteiger partial charge in [0.1, 0.15) is 5.82 Å². The molecule has 0 aromatic carbocycles. The predicted octanol–water partition coefficient (Wildman–Crippen LogP) is -0.941. The summed E-state index contributed by atoms with van der Waals surface area (Å²) in [4.78, 5) is 6.83. The zero-order valence-corrected chi connectivity index (χ0v) is 11.3. The Bertz CT molecular complexity index is 592. The van der Waals surface area contributed by atoms with Crippen LogP contribution in [0.5, 0.6) is 0 Å². The highest BCUT2D eigenvalue weighted by Gasteiger charge is 2.36. The number of hydrogen-bond donors (Lipinski definition) is 2. The number of nitrogens with zero attached hydrogens (tertiary/aromatic N) is 1. The Labute approximate surface area is 106 Å². The van der Waals surface area contributed by atoms with E-state index in [-0.39, 0.29) is 24.5 Å². The molecule has 1 atom stereocenters. The zero-order chi connectivity index (χ0) is 13.2. The van der Waals surface area contributed by atoms with Gasteiger partial charge in [-0.1, -0.05) is 0 Å².